The van der Waals surface area contributed by atoms with Gasteiger partial charge in [0.2, 0.25) is 0 Å². The molecule has 0 amide bonds. The van der Waals surface area contributed by atoms with Gasteiger partial charge in [-0.05, 0) is 55.9 Å². The maximum absolute atomic E-state index is 5.89. The van der Waals surface area contributed by atoms with E-state index >= 15 is 0 Å². The molecule has 0 aliphatic heterocycles. The first-order chi connectivity index (χ1) is 10.3. The predicted octanol–water partition coefficient (Wildman–Crippen LogP) is 6.33. The number of benzene rings is 2. The average Bonchev–Trinajstić information content (AvgIpc) is 2.45. The van der Waals surface area contributed by atoms with Crippen LogP contribution < -0.4 is 4.57 Å². The van der Waals surface area contributed by atoms with Gasteiger partial charge in [0.15, 0.2) is 0 Å². The summed E-state index contributed by atoms with van der Waals surface area (Å²) in [6.07, 6.45) is 0. The summed E-state index contributed by atoms with van der Waals surface area (Å²) in [7, 11) is 0.685. The largest absolute Gasteiger partial charge is 0.399 e. The maximum Gasteiger partial charge on any atom is 0.147 e. The molecule has 22 heavy (non-hydrogen) atoms. The Kier molecular flexibility index (Phi) is 5.03. The first-order valence-corrected chi connectivity index (χ1v) is 11.1. The Morgan fingerprint density at radius 2 is 1.59 bits per heavy atom. The lowest BCUT2D eigenvalue weighted by Crippen LogP contribution is -2.43. The number of rotatable bonds is 4. The fraction of sp³-hybridized carbons (Fsp3) is 0.294. The van der Waals surface area contributed by atoms with Gasteiger partial charge in [0.1, 0.15) is 13.9 Å². The van der Waals surface area contributed by atoms with Crippen molar-refractivity contribution < 1.29 is 0 Å². The van der Waals surface area contributed by atoms with Crippen molar-refractivity contribution in [2.75, 3.05) is 11.6 Å². The zero-order chi connectivity index (χ0) is 16.3. The highest BCUT2D eigenvalue weighted by atomic mass is 35.5. The van der Waals surface area contributed by atoms with Crippen molar-refractivity contribution in [2.45, 2.75) is 26.6 Å². The molecule has 2 aromatic carbocycles. The molecule has 0 aliphatic carbocycles. The molecule has 0 aromatic heterocycles. The van der Waals surface area contributed by atoms with Crippen molar-refractivity contribution in [3.8, 4) is 0 Å². The number of hydrogen-bond acceptors (Lipinski definition) is 3. The van der Waals surface area contributed by atoms with Crippen LogP contribution in [0.5, 0.6) is 0 Å². The molecular weight excluding hydrogens is 310 g/mol. The molecule has 0 atom stereocenters. The second-order valence-corrected chi connectivity index (χ2v) is 11.8. The van der Waals surface area contributed by atoms with Crippen LogP contribution in [0.1, 0.15) is 5.56 Å². The van der Waals surface area contributed by atoms with E-state index in [1.54, 1.807) is 0 Å². The van der Waals surface area contributed by atoms with E-state index in [4.69, 9.17) is 11.6 Å². The second-order valence-electron chi connectivity index (χ2n) is 6.40. The first kappa shape index (κ1) is 16.7. The maximum atomic E-state index is 5.89. The molecule has 0 unspecified atom stereocenters. The summed E-state index contributed by atoms with van der Waals surface area (Å²) < 4.78 is 2.35. The van der Waals surface area contributed by atoms with E-state index in [1.807, 2.05) is 24.3 Å². The van der Waals surface area contributed by atoms with Crippen LogP contribution in [-0.2, 0) is 0 Å². The van der Waals surface area contributed by atoms with Crippen LogP contribution >= 0.6 is 11.6 Å². The van der Waals surface area contributed by atoms with Gasteiger partial charge in [-0.25, -0.2) is 0 Å². The molecule has 116 valence electrons. The molecule has 0 heterocycles. The Hall–Kier alpha value is -1.65. The third kappa shape index (κ3) is 4.18. The van der Waals surface area contributed by atoms with Gasteiger partial charge in [-0.15, -0.1) is 5.11 Å². The number of aryl methyl sites for hydroxylation is 1. The SMILES string of the molecule is Cc1ccc(N(C)[Si](C)(C)C)c(N=Nc2ccc(Cl)cc2)c1. The van der Waals surface area contributed by atoms with Gasteiger partial charge in [0.05, 0.1) is 11.4 Å². The van der Waals surface area contributed by atoms with Crippen molar-refractivity contribution in [1.29, 1.82) is 0 Å². The normalized spacial score (nSPS) is 11.9. The summed E-state index contributed by atoms with van der Waals surface area (Å²) in [5, 5.41) is 9.51. The smallest absolute Gasteiger partial charge is 0.147 e. The minimum absolute atomic E-state index is 0.702. The number of halogens is 1. The highest BCUT2D eigenvalue weighted by molar-refractivity contribution is 6.79. The Morgan fingerprint density at radius 3 is 2.18 bits per heavy atom. The molecule has 0 saturated heterocycles. The Morgan fingerprint density at radius 1 is 0.955 bits per heavy atom. The third-order valence-corrected chi connectivity index (χ3v) is 6.10. The molecule has 0 saturated carbocycles. The Balaban J connectivity index is 2.37. The number of anilines is 1. The fourth-order valence-corrected chi connectivity index (χ4v) is 3.02. The molecule has 0 radical (unpaired) electrons. The lowest BCUT2D eigenvalue weighted by molar-refractivity contribution is 1.18. The van der Waals surface area contributed by atoms with Gasteiger partial charge in [-0.3, -0.25) is 0 Å². The van der Waals surface area contributed by atoms with Gasteiger partial charge in [-0.2, -0.15) is 5.11 Å². The van der Waals surface area contributed by atoms with E-state index in [-0.39, 0.29) is 0 Å². The van der Waals surface area contributed by atoms with Crippen molar-refractivity contribution in [3.05, 3.63) is 53.1 Å². The van der Waals surface area contributed by atoms with Crippen molar-refractivity contribution in [3.63, 3.8) is 0 Å². The van der Waals surface area contributed by atoms with E-state index in [2.05, 4.69) is 66.6 Å². The van der Waals surface area contributed by atoms with E-state index in [0.29, 0.717) is 5.02 Å². The highest BCUT2D eigenvalue weighted by Crippen LogP contribution is 2.33. The molecule has 2 aromatic rings. The van der Waals surface area contributed by atoms with E-state index in [9.17, 15) is 0 Å². The highest BCUT2D eigenvalue weighted by Gasteiger charge is 2.22. The summed E-state index contributed by atoms with van der Waals surface area (Å²) in [4.78, 5) is 0. The van der Waals surface area contributed by atoms with Gasteiger partial charge < -0.3 is 4.57 Å². The lowest BCUT2D eigenvalue weighted by Gasteiger charge is -2.33. The Bertz CT molecular complexity index is 675. The third-order valence-electron chi connectivity index (χ3n) is 3.60. The van der Waals surface area contributed by atoms with Crippen molar-refractivity contribution in [2.24, 2.45) is 10.2 Å². The molecule has 0 bridgehead atoms. The molecule has 0 N–H and O–H groups in total. The molecular formula is C17H22ClN3Si. The van der Waals surface area contributed by atoms with Crippen LogP contribution in [-0.4, -0.2) is 15.3 Å². The molecule has 0 fully saturated rings. The van der Waals surface area contributed by atoms with Gasteiger partial charge in [0, 0.05) is 5.02 Å². The van der Waals surface area contributed by atoms with Gasteiger partial charge in [0.25, 0.3) is 0 Å². The topological polar surface area (TPSA) is 28.0 Å². The van der Waals surface area contributed by atoms with Gasteiger partial charge in [-0.1, -0.05) is 37.3 Å². The standard InChI is InChI=1S/C17H22ClN3Si/c1-13-6-11-17(21(2)22(3,4)5)16(12-13)20-19-15-9-7-14(18)8-10-15/h6-12H,1-5H3. The zero-order valence-corrected chi connectivity index (χ0v) is 15.5. The van der Waals surface area contributed by atoms with Crippen molar-refractivity contribution >= 4 is 36.9 Å². The molecule has 3 nitrogen and oxygen atoms in total. The minimum atomic E-state index is -1.45. The molecule has 0 spiro atoms. The van der Waals surface area contributed by atoms with Crippen LogP contribution in [0.15, 0.2) is 52.7 Å². The quantitative estimate of drug-likeness (QED) is 0.475. The van der Waals surface area contributed by atoms with Crippen LogP contribution in [0.25, 0.3) is 0 Å². The molecule has 2 rings (SSSR count). The van der Waals surface area contributed by atoms with E-state index in [0.717, 1.165) is 17.1 Å². The van der Waals surface area contributed by atoms with Crippen molar-refractivity contribution in [1.82, 2.24) is 0 Å². The van der Waals surface area contributed by atoms with Crippen LogP contribution in [0.2, 0.25) is 24.7 Å². The van der Waals surface area contributed by atoms with E-state index < -0.39 is 8.24 Å². The second kappa shape index (κ2) is 6.63. The zero-order valence-electron chi connectivity index (χ0n) is 13.8. The van der Waals surface area contributed by atoms with Crippen LogP contribution in [0.4, 0.5) is 17.1 Å². The predicted molar refractivity (Wildman–Crippen MR) is 98.6 cm³/mol. The summed E-state index contributed by atoms with van der Waals surface area (Å²) in [5.74, 6) is 0. The lowest BCUT2D eigenvalue weighted by atomic mass is 10.2. The average molecular weight is 332 g/mol. The van der Waals surface area contributed by atoms with Crippen LogP contribution in [0, 0.1) is 6.92 Å². The fourth-order valence-electron chi connectivity index (χ4n) is 1.98. The Labute approximate surface area is 138 Å². The first-order valence-electron chi connectivity index (χ1n) is 7.29. The van der Waals surface area contributed by atoms with E-state index in [1.165, 1.54) is 5.56 Å². The summed E-state index contributed by atoms with van der Waals surface area (Å²) in [6.45, 7) is 9.01. The monoisotopic (exact) mass is 331 g/mol. The summed E-state index contributed by atoms with van der Waals surface area (Å²) in [6, 6.07) is 13.7. The molecule has 0 aliphatic rings. The van der Waals surface area contributed by atoms with Crippen LogP contribution in [0.3, 0.4) is 0 Å². The number of hydrogen-bond donors (Lipinski definition) is 0. The molecule has 5 heteroatoms. The number of azo groups is 1. The summed E-state index contributed by atoms with van der Waals surface area (Å²) >= 11 is 5.89. The minimum Gasteiger partial charge on any atom is -0.399 e. The van der Waals surface area contributed by atoms with Gasteiger partial charge >= 0.3 is 0 Å². The number of nitrogens with zero attached hydrogens (tertiary/aromatic N) is 3. The summed E-state index contributed by atoms with van der Waals surface area (Å²) in [5.41, 5.74) is 4.01.